The number of pyridine rings is 1. The van der Waals surface area contributed by atoms with Crippen molar-refractivity contribution in [1.29, 1.82) is 0 Å². The number of rotatable bonds is 3. The van der Waals surface area contributed by atoms with E-state index >= 15 is 0 Å². The summed E-state index contributed by atoms with van der Waals surface area (Å²) in [7, 11) is 1.82. The van der Waals surface area contributed by atoms with Crippen LogP contribution in [0.4, 0.5) is 5.69 Å². The summed E-state index contributed by atoms with van der Waals surface area (Å²) in [5.74, 6) is 0.783. The maximum absolute atomic E-state index is 10.6. The molecule has 0 atom stereocenters. The summed E-state index contributed by atoms with van der Waals surface area (Å²) in [6.45, 7) is 0.485. The van der Waals surface area contributed by atoms with E-state index in [-0.39, 0.29) is 5.69 Å². The van der Waals surface area contributed by atoms with Crippen LogP contribution in [0.15, 0.2) is 12.3 Å². The van der Waals surface area contributed by atoms with E-state index in [1.807, 2.05) is 7.05 Å². The van der Waals surface area contributed by atoms with Gasteiger partial charge in [-0.1, -0.05) is 0 Å². The molecule has 84 valence electrons. The van der Waals surface area contributed by atoms with Crippen LogP contribution in [0.5, 0.6) is 0 Å². The molecule has 0 saturated carbocycles. The zero-order valence-corrected chi connectivity index (χ0v) is 8.75. The van der Waals surface area contributed by atoms with Crippen LogP contribution < -0.4 is 5.73 Å². The third kappa shape index (κ3) is 1.61. The van der Waals surface area contributed by atoms with Crippen molar-refractivity contribution in [3.63, 3.8) is 0 Å². The van der Waals surface area contributed by atoms with E-state index < -0.39 is 4.92 Å². The van der Waals surface area contributed by atoms with Crippen molar-refractivity contribution in [1.82, 2.24) is 14.5 Å². The minimum absolute atomic E-state index is 0.0510. The lowest BCUT2D eigenvalue weighted by molar-refractivity contribution is -0.385. The van der Waals surface area contributed by atoms with E-state index in [0.717, 1.165) is 5.82 Å². The number of nitrogens with zero attached hydrogens (tertiary/aromatic N) is 4. The maximum Gasteiger partial charge on any atom is 0.289 e. The Hall–Kier alpha value is -2.02. The highest BCUT2D eigenvalue weighted by Crippen LogP contribution is 2.18. The first-order valence-electron chi connectivity index (χ1n) is 4.79. The highest BCUT2D eigenvalue weighted by molar-refractivity contribution is 5.73. The van der Waals surface area contributed by atoms with Gasteiger partial charge in [-0.15, -0.1) is 0 Å². The third-order valence-electron chi connectivity index (χ3n) is 2.37. The largest absolute Gasteiger partial charge is 0.330 e. The molecule has 0 fully saturated rings. The minimum Gasteiger partial charge on any atom is -0.330 e. The fourth-order valence-electron chi connectivity index (χ4n) is 1.56. The molecular formula is C9H11N5O2. The zero-order chi connectivity index (χ0) is 11.7. The highest BCUT2D eigenvalue weighted by atomic mass is 16.6. The average molecular weight is 221 g/mol. The molecule has 2 aromatic rings. The summed E-state index contributed by atoms with van der Waals surface area (Å²) in [4.78, 5) is 18.4. The number of imidazole rings is 1. The standard InChI is InChI=1S/C9H11N5O2/c1-13-8(2-3-10)12-7-4-6(14(15)16)5-11-9(7)13/h4-5H,2-3,10H2,1H3. The molecule has 0 aliphatic rings. The van der Waals surface area contributed by atoms with Crippen LogP contribution >= 0.6 is 0 Å². The third-order valence-corrected chi connectivity index (χ3v) is 2.37. The Morgan fingerprint density at radius 3 is 3.00 bits per heavy atom. The van der Waals surface area contributed by atoms with Gasteiger partial charge >= 0.3 is 0 Å². The van der Waals surface area contributed by atoms with Gasteiger partial charge in [-0.2, -0.15) is 0 Å². The first-order valence-corrected chi connectivity index (χ1v) is 4.79. The summed E-state index contributed by atoms with van der Waals surface area (Å²) < 4.78 is 1.80. The number of aryl methyl sites for hydroxylation is 1. The minimum atomic E-state index is -0.482. The van der Waals surface area contributed by atoms with Crippen molar-refractivity contribution in [2.45, 2.75) is 6.42 Å². The average Bonchev–Trinajstić information content (AvgIpc) is 2.56. The van der Waals surface area contributed by atoms with Crippen molar-refractivity contribution in [3.8, 4) is 0 Å². The monoisotopic (exact) mass is 221 g/mol. The van der Waals surface area contributed by atoms with Crippen molar-refractivity contribution in [2.75, 3.05) is 6.54 Å². The fraction of sp³-hybridized carbons (Fsp3) is 0.333. The predicted octanol–water partition coefficient (Wildman–Crippen LogP) is 0.378. The summed E-state index contributed by atoms with van der Waals surface area (Å²) in [6, 6.07) is 1.42. The van der Waals surface area contributed by atoms with Crippen LogP contribution in [0.2, 0.25) is 0 Å². The Balaban J connectivity index is 2.58. The van der Waals surface area contributed by atoms with Crippen molar-refractivity contribution >= 4 is 16.9 Å². The van der Waals surface area contributed by atoms with Crippen molar-refractivity contribution in [2.24, 2.45) is 12.8 Å². The van der Waals surface area contributed by atoms with E-state index in [1.165, 1.54) is 12.3 Å². The van der Waals surface area contributed by atoms with Gasteiger partial charge in [0.1, 0.15) is 17.5 Å². The van der Waals surface area contributed by atoms with Gasteiger partial charge in [-0.25, -0.2) is 9.97 Å². The Morgan fingerprint density at radius 1 is 1.62 bits per heavy atom. The molecule has 2 aromatic heterocycles. The lowest BCUT2D eigenvalue weighted by Crippen LogP contribution is -2.07. The second kappa shape index (κ2) is 3.86. The van der Waals surface area contributed by atoms with Crippen LogP contribution in [0, 0.1) is 10.1 Å². The molecule has 0 amide bonds. The first kappa shape index (κ1) is 10.5. The van der Waals surface area contributed by atoms with E-state index in [9.17, 15) is 10.1 Å². The van der Waals surface area contributed by atoms with Gasteiger partial charge in [0, 0.05) is 19.5 Å². The molecule has 0 aliphatic heterocycles. The molecule has 16 heavy (non-hydrogen) atoms. The number of aromatic nitrogens is 3. The molecule has 0 saturated heterocycles. The van der Waals surface area contributed by atoms with E-state index in [2.05, 4.69) is 9.97 Å². The van der Waals surface area contributed by atoms with Gasteiger partial charge in [0.05, 0.1) is 4.92 Å². The second-order valence-corrected chi connectivity index (χ2v) is 3.42. The topological polar surface area (TPSA) is 99.9 Å². The van der Waals surface area contributed by atoms with Gasteiger partial charge in [0.25, 0.3) is 5.69 Å². The quantitative estimate of drug-likeness (QED) is 0.596. The Labute approximate surface area is 91.1 Å². The first-order chi connectivity index (χ1) is 7.63. The van der Waals surface area contributed by atoms with E-state index in [4.69, 9.17) is 5.73 Å². The predicted molar refractivity (Wildman–Crippen MR) is 57.9 cm³/mol. The Bertz CT molecular complexity index is 548. The van der Waals surface area contributed by atoms with Gasteiger partial charge < -0.3 is 10.3 Å². The highest BCUT2D eigenvalue weighted by Gasteiger charge is 2.13. The molecule has 0 aliphatic carbocycles. The van der Waals surface area contributed by atoms with E-state index in [0.29, 0.717) is 24.1 Å². The molecule has 2 heterocycles. The Kier molecular flexibility index (Phi) is 2.53. The smallest absolute Gasteiger partial charge is 0.289 e. The summed E-state index contributed by atoms with van der Waals surface area (Å²) in [6.07, 6.45) is 1.86. The van der Waals surface area contributed by atoms with Crippen LogP contribution in [-0.4, -0.2) is 26.0 Å². The molecule has 2 N–H and O–H groups in total. The molecule has 7 heteroatoms. The number of nitro groups is 1. The molecule has 0 unspecified atom stereocenters. The summed E-state index contributed by atoms with van der Waals surface area (Å²) in [5.41, 5.74) is 6.56. The normalized spacial score (nSPS) is 10.9. The summed E-state index contributed by atoms with van der Waals surface area (Å²) in [5, 5.41) is 10.6. The molecular weight excluding hydrogens is 210 g/mol. The van der Waals surface area contributed by atoms with Crippen LogP contribution in [0.1, 0.15) is 5.82 Å². The fourth-order valence-corrected chi connectivity index (χ4v) is 1.56. The van der Waals surface area contributed by atoms with Crippen LogP contribution in [-0.2, 0) is 13.5 Å². The molecule has 2 rings (SSSR count). The van der Waals surface area contributed by atoms with Crippen LogP contribution in [0.25, 0.3) is 11.2 Å². The van der Waals surface area contributed by atoms with Gasteiger partial charge in [-0.05, 0) is 6.54 Å². The summed E-state index contributed by atoms with van der Waals surface area (Å²) >= 11 is 0. The van der Waals surface area contributed by atoms with Crippen molar-refractivity contribution < 1.29 is 4.92 Å². The lowest BCUT2D eigenvalue weighted by atomic mass is 10.4. The number of fused-ring (bicyclic) bond motifs is 1. The zero-order valence-electron chi connectivity index (χ0n) is 8.75. The van der Waals surface area contributed by atoms with Gasteiger partial charge in [-0.3, -0.25) is 10.1 Å². The van der Waals surface area contributed by atoms with Gasteiger partial charge in [0.2, 0.25) is 0 Å². The van der Waals surface area contributed by atoms with E-state index in [1.54, 1.807) is 4.57 Å². The molecule has 0 radical (unpaired) electrons. The SMILES string of the molecule is Cn1c(CCN)nc2cc([N+](=O)[O-])cnc21. The maximum atomic E-state index is 10.6. The molecule has 0 bridgehead atoms. The van der Waals surface area contributed by atoms with Gasteiger partial charge in [0.15, 0.2) is 5.65 Å². The lowest BCUT2D eigenvalue weighted by Gasteiger charge is -1.98. The molecule has 7 nitrogen and oxygen atoms in total. The number of nitrogens with two attached hydrogens (primary N) is 1. The number of hydrogen-bond donors (Lipinski definition) is 1. The molecule has 0 aromatic carbocycles. The Morgan fingerprint density at radius 2 is 2.38 bits per heavy atom. The van der Waals surface area contributed by atoms with Crippen molar-refractivity contribution in [3.05, 3.63) is 28.2 Å². The molecule has 0 spiro atoms. The van der Waals surface area contributed by atoms with Crippen LogP contribution in [0.3, 0.4) is 0 Å². The second-order valence-electron chi connectivity index (χ2n) is 3.42. The number of hydrogen-bond acceptors (Lipinski definition) is 5.